The van der Waals surface area contributed by atoms with Crippen LogP contribution < -0.4 is 0 Å². The lowest BCUT2D eigenvalue weighted by atomic mass is 9.85. The van der Waals surface area contributed by atoms with Crippen LogP contribution in [0.5, 0.6) is 0 Å². The van der Waals surface area contributed by atoms with Crippen LogP contribution in [-0.4, -0.2) is 4.57 Å². The third kappa shape index (κ3) is 4.01. The summed E-state index contributed by atoms with van der Waals surface area (Å²) in [5.41, 5.74) is 11.5. The molecule has 0 amide bonds. The highest BCUT2D eigenvalue weighted by atomic mass is 15.0. The highest BCUT2D eigenvalue weighted by molar-refractivity contribution is 6.27. The second-order valence-corrected chi connectivity index (χ2v) is 13.9. The maximum absolute atomic E-state index is 2.40. The molecule has 9 aromatic rings. The number of nitrogens with zero attached hydrogens (tertiary/aromatic N) is 1. The predicted octanol–water partition coefficient (Wildman–Crippen LogP) is 12.6. The molecule has 0 atom stereocenters. The van der Waals surface area contributed by atoms with Crippen LogP contribution in [0.2, 0.25) is 0 Å². The first-order valence-electron chi connectivity index (χ1n) is 16.3. The minimum absolute atomic E-state index is 0.137. The molecule has 1 aromatic heterocycles. The molecule has 46 heavy (non-hydrogen) atoms. The number of para-hydroxylation sites is 1. The Bertz CT molecular complexity index is 2590. The molecule has 0 saturated heterocycles. The Hall–Kier alpha value is -5.40. The van der Waals surface area contributed by atoms with Gasteiger partial charge in [0.15, 0.2) is 0 Å². The van der Waals surface area contributed by atoms with Crippen LogP contribution in [0, 0.1) is 6.92 Å². The highest BCUT2D eigenvalue weighted by Crippen LogP contribution is 2.43. The molecular formula is C45H35N. The van der Waals surface area contributed by atoms with Gasteiger partial charge in [-0.15, -0.1) is 0 Å². The first kappa shape index (κ1) is 27.0. The van der Waals surface area contributed by atoms with Crippen LogP contribution in [0.1, 0.15) is 31.9 Å². The van der Waals surface area contributed by atoms with Gasteiger partial charge in [0.1, 0.15) is 0 Å². The second kappa shape index (κ2) is 9.80. The molecule has 0 unspecified atom stereocenters. The van der Waals surface area contributed by atoms with E-state index in [4.69, 9.17) is 0 Å². The minimum Gasteiger partial charge on any atom is -0.309 e. The van der Waals surface area contributed by atoms with E-state index in [1.807, 2.05) is 0 Å². The molecule has 0 N–H and O–H groups in total. The Labute approximate surface area is 269 Å². The average Bonchev–Trinajstić information content (AvgIpc) is 3.40. The van der Waals surface area contributed by atoms with E-state index < -0.39 is 0 Å². The molecule has 1 nitrogen and oxygen atoms in total. The van der Waals surface area contributed by atoms with Gasteiger partial charge in [-0.25, -0.2) is 0 Å². The number of aromatic nitrogens is 1. The van der Waals surface area contributed by atoms with E-state index in [-0.39, 0.29) is 5.41 Å². The summed E-state index contributed by atoms with van der Waals surface area (Å²) >= 11 is 0. The number of hydrogen-bond acceptors (Lipinski definition) is 0. The Morgan fingerprint density at radius 2 is 0.978 bits per heavy atom. The lowest BCUT2D eigenvalue weighted by Crippen LogP contribution is -2.10. The van der Waals surface area contributed by atoms with Crippen LogP contribution in [-0.2, 0) is 5.41 Å². The largest absolute Gasteiger partial charge is 0.309 e. The summed E-state index contributed by atoms with van der Waals surface area (Å²) in [6, 6.07) is 52.2. The summed E-state index contributed by atoms with van der Waals surface area (Å²) in [4.78, 5) is 0. The van der Waals surface area contributed by atoms with Crippen LogP contribution in [0.4, 0.5) is 0 Å². The van der Waals surface area contributed by atoms with Crippen molar-refractivity contribution in [2.45, 2.75) is 33.1 Å². The smallest absolute Gasteiger partial charge is 0.0543 e. The van der Waals surface area contributed by atoms with Crippen LogP contribution in [0.25, 0.3) is 82.1 Å². The highest BCUT2D eigenvalue weighted by Gasteiger charge is 2.17. The topological polar surface area (TPSA) is 4.93 Å². The van der Waals surface area contributed by atoms with Gasteiger partial charge in [0.25, 0.3) is 0 Å². The zero-order valence-corrected chi connectivity index (χ0v) is 26.7. The maximum atomic E-state index is 2.40. The Morgan fingerprint density at radius 3 is 1.59 bits per heavy atom. The molecule has 0 aliphatic rings. The van der Waals surface area contributed by atoms with Gasteiger partial charge in [-0.2, -0.15) is 0 Å². The lowest BCUT2D eigenvalue weighted by Gasteiger charge is -2.20. The van der Waals surface area contributed by atoms with E-state index in [1.54, 1.807) is 0 Å². The molecule has 0 saturated carbocycles. The molecule has 220 valence electrons. The number of benzene rings is 8. The van der Waals surface area contributed by atoms with Gasteiger partial charge < -0.3 is 4.57 Å². The van der Waals surface area contributed by atoms with Gasteiger partial charge in [-0.1, -0.05) is 136 Å². The normalized spacial score (nSPS) is 12.3. The molecule has 0 aliphatic heterocycles. The van der Waals surface area contributed by atoms with Crippen molar-refractivity contribution >= 4 is 54.1 Å². The third-order valence-electron chi connectivity index (χ3n) is 9.99. The van der Waals surface area contributed by atoms with Gasteiger partial charge in [-0.3, -0.25) is 0 Å². The van der Waals surface area contributed by atoms with Gasteiger partial charge in [0.2, 0.25) is 0 Å². The van der Waals surface area contributed by atoms with Gasteiger partial charge >= 0.3 is 0 Å². The number of hydrogen-bond donors (Lipinski definition) is 0. The fourth-order valence-corrected chi connectivity index (χ4v) is 7.60. The van der Waals surface area contributed by atoms with E-state index in [1.165, 1.54) is 93.2 Å². The fourth-order valence-electron chi connectivity index (χ4n) is 7.60. The SMILES string of the molecule is Cc1ccc2c3ccccc3n(-c3ccc(-c4ccc5ccc6ccc(-c7ccc(C(C)(C)C)cc7)c7ccc4c5c67)cc3)c2c1. The van der Waals surface area contributed by atoms with Gasteiger partial charge in [-0.05, 0) is 102 Å². The molecule has 0 spiro atoms. The lowest BCUT2D eigenvalue weighted by molar-refractivity contribution is 0.590. The van der Waals surface area contributed by atoms with Crippen molar-refractivity contribution in [1.82, 2.24) is 4.57 Å². The summed E-state index contributed by atoms with van der Waals surface area (Å²) in [6.07, 6.45) is 0. The van der Waals surface area contributed by atoms with Gasteiger partial charge in [0, 0.05) is 16.5 Å². The number of fused-ring (bicyclic) bond motifs is 3. The van der Waals surface area contributed by atoms with Crippen molar-refractivity contribution in [3.8, 4) is 27.9 Å². The van der Waals surface area contributed by atoms with E-state index in [0.29, 0.717) is 0 Å². The van der Waals surface area contributed by atoms with Crippen molar-refractivity contribution in [1.29, 1.82) is 0 Å². The molecule has 1 heteroatoms. The Kier molecular flexibility index (Phi) is 5.74. The molecule has 8 aromatic carbocycles. The molecule has 9 rings (SSSR count). The van der Waals surface area contributed by atoms with Crippen molar-refractivity contribution in [2.75, 3.05) is 0 Å². The van der Waals surface area contributed by atoms with Crippen molar-refractivity contribution in [3.05, 3.63) is 151 Å². The Balaban J connectivity index is 1.20. The van der Waals surface area contributed by atoms with Gasteiger partial charge in [0.05, 0.1) is 11.0 Å². The van der Waals surface area contributed by atoms with Crippen LogP contribution >= 0.6 is 0 Å². The zero-order chi connectivity index (χ0) is 31.2. The molecule has 0 fully saturated rings. The molecule has 1 heterocycles. The standard InChI is InChI=1S/C45H35N/c1-28-9-22-38-37-7-5-6-8-41(37)46(42(38)27-28)34-20-14-30(15-21-34)36-24-17-32-11-10-31-16-23-35(39-25-26-40(36)44(32)43(31)39)29-12-18-33(19-13-29)45(2,3)4/h5-27H,1-4H3. The maximum Gasteiger partial charge on any atom is 0.0543 e. The quantitative estimate of drug-likeness (QED) is 0.181. The van der Waals surface area contributed by atoms with Crippen molar-refractivity contribution < 1.29 is 0 Å². The first-order chi connectivity index (χ1) is 22.3. The summed E-state index contributed by atoms with van der Waals surface area (Å²) in [6.45, 7) is 8.99. The average molecular weight is 590 g/mol. The Morgan fingerprint density at radius 1 is 0.457 bits per heavy atom. The zero-order valence-electron chi connectivity index (χ0n) is 26.7. The fraction of sp³-hybridized carbons (Fsp3) is 0.111. The summed E-state index contributed by atoms with van der Waals surface area (Å²) in [5, 5.41) is 10.5. The minimum atomic E-state index is 0.137. The second-order valence-electron chi connectivity index (χ2n) is 13.9. The monoisotopic (exact) mass is 589 g/mol. The number of rotatable bonds is 3. The molecule has 0 radical (unpaired) electrons. The van der Waals surface area contributed by atoms with E-state index >= 15 is 0 Å². The molecule has 0 aliphatic carbocycles. The van der Waals surface area contributed by atoms with Crippen molar-refractivity contribution in [2.24, 2.45) is 0 Å². The van der Waals surface area contributed by atoms with E-state index in [2.05, 4.69) is 172 Å². The first-order valence-corrected chi connectivity index (χ1v) is 16.3. The van der Waals surface area contributed by atoms with Crippen molar-refractivity contribution in [3.63, 3.8) is 0 Å². The van der Waals surface area contributed by atoms with E-state index in [0.717, 1.165) is 0 Å². The molecular weight excluding hydrogens is 555 g/mol. The number of aryl methyl sites for hydroxylation is 1. The summed E-state index contributed by atoms with van der Waals surface area (Å²) < 4.78 is 2.40. The predicted molar refractivity (Wildman–Crippen MR) is 199 cm³/mol. The molecule has 0 bridgehead atoms. The summed E-state index contributed by atoms with van der Waals surface area (Å²) in [5.74, 6) is 0. The third-order valence-corrected chi connectivity index (χ3v) is 9.99. The van der Waals surface area contributed by atoms with Crippen LogP contribution in [0.15, 0.2) is 140 Å². The van der Waals surface area contributed by atoms with Crippen LogP contribution in [0.3, 0.4) is 0 Å². The summed E-state index contributed by atoms with van der Waals surface area (Å²) in [7, 11) is 0. The van der Waals surface area contributed by atoms with E-state index in [9.17, 15) is 0 Å².